The van der Waals surface area contributed by atoms with Gasteiger partial charge in [0.1, 0.15) is 0 Å². The van der Waals surface area contributed by atoms with Crippen LogP contribution in [0.5, 0.6) is 0 Å². The van der Waals surface area contributed by atoms with Crippen LogP contribution in [0.2, 0.25) is 0 Å². The lowest BCUT2D eigenvalue weighted by atomic mass is 10.0. The van der Waals surface area contributed by atoms with E-state index < -0.39 is 17.6 Å². The molecular weight excluding hydrogens is 293 g/mol. The van der Waals surface area contributed by atoms with Crippen molar-refractivity contribution in [1.82, 2.24) is 0 Å². The molecule has 3 N–H and O–H groups in total. The third-order valence-corrected chi connectivity index (χ3v) is 3.31. The van der Waals surface area contributed by atoms with Gasteiger partial charge in [0.2, 0.25) is 0 Å². The van der Waals surface area contributed by atoms with Gasteiger partial charge in [-0.3, -0.25) is 4.79 Å². The summed E-state index contributed by atoms with van der Waals surface area (Å²) in [6.45, 7) is 3.16. The summed E-state index contributed by atoms with van der Waals surface area (Å²) in [4.78, 5) is 11.4. The summed E-state index contributed by atoms with van der Waals surface area (Å²) in [6, 6.07) is 8.72. The second-order valence-electron chi connectivity index (χ2n) is 5.02. The van der Waals surface area contributed by atoms with Crippen LogP contribution in [0.15, 0.2) is 36.4 Å². The van der Waals surface area contributed by atoms with Gasteiger partial charge in [0.05, 0.1) is 16.8 Å². The Kier molecular flexibility index (Phi) is 4.12. The molecular formula is C16H15F3N2O. The maximum atomic E-state index is 12.8. The number of benzene rings is 2. The highest BCUT2D eigenvalue weighted by Crippen LogP contribution is 2.35. The number of amides is 1. The van der Waals surface area contributed by atoms with Crippen molar-refractivity contribution in [3.05, 3.63) is 58.7 Å². The average molecular weight is 308 g/mol. The topological polar surface area (TPSA) is 55.1 Å². The minimum atomic E-state index is -4.39. The van der Waals surface area contributed by atoms with Crippen LogP contribution >= 0.6 is 0 Å². The second-order valence-corrected chi connectivity index (χ2v) is 5.02. The lowest BCUT2D eigenvalue weighted by molar-refractivity contribution is -0.137. The van der Waals surface area contributed by atoms with Gasteiger partial charge in [0.15, 0.2) is 0 Å². The largest absolute Gasteiger partial charge is 0.416 e. The molecule has 0 saturated heterocycles. The third-order valence-electron chi connectivity index (χ3n) is 3.31. The molecule has 116 valence electrons. The van der Waals surface area contributed by atoms with Crippen molar-refractivity contribution in [2.75, 3.05) is 5.32 Å². The van der Waals surface area contributed by atoms with Gasteiger partial charge in [0.25, 0.3) is 5.91 Å². The monoisotopic (exact) mass is 308 g/mol. The standard InChI is InChI=1S/C16H15F3N2O/c1-9-7-11(16(17,18)19)8-10(2)14(9)21-13-6-4-3-5-12(13)15(20)22/h3-8,21H,1-2H3,(H2,20,22). The predicted molar refractivity (Wildman–Crippen MR) is 79.2 cm³/mol. The minimum absolute atomic E-state index is 0.279. The van der Waals surface area contributed by atoms with E-state index in [4.69, 9.17) is 5.73 Å². The quantitative estimate of drug-likeness (QED) is 0.894. The van der Waals surface area contributed by atoms with Crippen molar-refractivity contribution in [1.29, 1.82) is 0 Å². The van der Waals surface area contributed by atoms with Gasteiger partial charge in [-0.25, -0.2) is 0 Å². The molecule has 0 unspecified atom stereocenters. The van der Waals surface area contributed by atoms with Crippen LogP contribution in [0.1, 0.15) is 27.0 Å². The number of nitrogens with one attached hydrogen (secondary N) is 1. The molecule has 0 atom stereocenters. The highest BCUT2D eigenvalue weighted by Gasteiger charge is 2.31. The molecule has 2 aromatic carbocycles. The van der Waals surface area contributed by atoms with Gasteiger partial charge >= 0.3 is 6.18 Å². The van der Waals surface area contributed by atoms with Crippen molar-refractivity contribution in [2.24, 2.45) is 5.73 Å². The van der Waals surface area contributed by atoms with Crippen LogP contribution < -0.4 is 11.1 Å². The number of para-hydroxylation sites is 1. The first-order valence-electron chi connectivity index (χ1n) is 6.54. The molecule has 0 aromatic heterocycles. The SMILES string of the molecule is Cc1cc(C(F)(F)F)cc(C)c1Nc1ccccc1C(N)=O. The molecule has 22 heavy (non-hydrogen) atoms. The molecule has 0 bridgehead atoms. The molecule has 0 fully saturated rings. The Morgan fingerprint density at radius 3 is 2.14 bits per heavy atom. The average Bonchev–Trinajstić information content (AvgIpc) is 2.41. The Morgan fingerprint density at radius 1 is 1.09 bits per heavy atom. The maximum absolute atomic E-state index is 12.8. The van der Waals surface area contributed by atoms with Crippen LogP contribution in [0, 0.1) is 13.8 Å². The zero-order valence-corrected chi connectivity index (χ0v) is 12.1. The second kappa shape index (κ2) is 5.71. The molecule has 3 nitrogen and oxygen atoms in total. The highest BCUT2D eigenvalue weighted by molar-refractivity contribution is 5.99. The van der Waals surface area contributed by atoms with Crippen LogP contribution in [0.3, 0.4) is 0 Å². The van der Waals surface area contributed by atoms with Gasteiger partial charge in [-0.05, 0) is 49.2 Å². The summed E-state index contributed by atoms with van der Waals surface area (Å²) in [7, 11) is 0. The summed E-state index contributed by atoms with van der Waals surface area (Å²) in [5.41, 5.74) is 6.74. The third kappa shape index (κ3) is 3.21. The van der Waals surface area contributed by atoms with Gasteiger partial charge in [0, 0.05) is 5.69 Å². The molecule has 0 radical (unpaired) electrons. The number of carbonyl (C=O) groups excluding carboxylic acids is 1. The number of hydrogen-bond donors (Lipinski definition) is 2. The molecule has 0 spiro atoms. The molecule has 0 aliphatic carbocycles. The van der Waals surface area contributed by atoms with Crippen LogP contribution in [-0.2, 0) is 6.18 Å². The lowest BCUT2D eigenvalue weighted by Gasteiger charge is -2.17. The van der Waals surface area contributed by atoms with E-state index in [9.17, 15) is 18.0 Å². The molecule has 0 aliphatic rings. The lowest BCUT2D eigenvalue weighted by Crippen LogP contribution is -2.14. The van der Waals surface area contributed by atoms with E-state index in [0.29, 0.717) is 22.5 Å². The molecule has 0 saturated carbocycles. The number of alkyl halides is 3. The number of primary amides is 1. The Bertz CT molecular complexity index is 701. The zero-order chi connectivity index (χ0) is 16.5. The number of aryl methyl sites for hydroxylation is 2. The number of rotatable bonds is 3. The van der Waals surface area contributed by atoms with Crippen molar-refractivity contribution >= 4 is 17.3 Å². The molecule has 6 heteroatoms. The predicted octanol–water partition coefficient (Wildman–Crippen LogP) is 4.16. The number of carbonyl (C=O) groups is 1. The van der Waals surface area contributed by atoms with Gasteiger partial charge in [-0.1, -0.05) is 12.1 Å². The molecule has 2 aromatic rings. The fraction of sp³-hybridized carbons (Fsp3) is 0.188. The van der Waals surface area contributed by atoms with Crippen molar-refractivity contribution < 1.29 is 18.0 Å². The molecule has 0 heterocycles. The molecule has 0 aliphatic heterocycles. The summed E-state index contributed by atoms with van der Waals surface area (Å²) in [6.07, 6.45) is -4.39. The summed E-state index contributed by atoms with van der Waals surface area (Å²) in [5, 5.41) is 3.00. The number of anilines is 2. The fourth-order valence-corrected chi connectivity index (χ4v) is 2.27. The van der Waals surface area contributed by atoms with Crippen molar-refractivity contribution in [2.45, 2.75) is 20.0 Å². The first kappa shape index (κ1) is 15.9. The van der Waals surface area contributed by atoms with E-state index in [0.717, 1.165) is 12.1 Å². The first-order chi connectivity index (χ1) is 10.2. The van der Waals surface area contributed by atoms with E-state index in [1.54, 1.807) is 38.1 Å². The Balaban J connectivity index is 2.46. The van der Waals surface area contributed by atoms with E-state index in [1.165, 1.54) is 0 Å². The van der Waals surface area contributed by atoms with Gasteiger partial charge in [-0.15, -0.1) is 0 Å². The number of hydrogen-bond acceptors (Lipinski definition) is 2. The van der Waals surface area contributed by atoms with E-state index >= 15 is 0 Å². The number of halogens is 3. The highest BCUT2D eigenvalue weighted by atomic mass is 19.4. The Morgan fingerprint density at radius 2 is 1.64 bits per heavy atom. The Hall–Kier alpha value is -2.50. The number of nitrogens with two attached hydrogens (primary N) is 1. The van der Waals surface area contributed by atoms with Crippen molar-refractivity contribution in [3.8, 4) is 0 Å². The van der Waals surface area contributed by atoms with Gasteiger partial charge < -0.3 is 11.1 Å². The first-order valence-corrected chi connectivity index (χ1v) is 6.54. The smallest absolute Gasteiger partial charge is 0.366 e. The molecule has 2 rings (SSSR count). The van der Waals surface area contributed by atoms with Crippen LogP contribution in [0.25, 0.3) is 0 Å². The normalized spacial score (nSPS) is 11.3. The van der Waals surface area contributed by atoms with Gasteiger partial charge in [-0.2, -0.15) is 13.2 Å². The van der Waals surface area contributed by atoms with Crippen LogP contribution in [-0.4, -0.2) is 5.91 Å². The Labute approximate surface area is 125 Å². The maximum Gasteiger partial charge on any atom is 0.416 e. The summed E-state index contributed by atoms with van der Waals surface area (Å²) < 4.78 is 38.4. The van der Waals surface area contributed by atoms with E-state index in [-0.39, 0.29) is 5.56 Å². The van der Waals surface area contributed by atoms with Crippen molar-refractivity contribution in [3.63, 3.8) is 0 Å². The summed E-state index contributed by atoms with van der Waals surface area (Å²) >= 11 is 0. The zero-order valence-electron chi connectivity index (χ0n) is 12.1. The minimum Gasteiger partial charge on any atom is -0.366 e. The summed E-state index contributed by atoms with van der Waals surface area (Å²) in [5.74, 6) is -0.606. The van der Waals surface area contributed by atoms with E-state index in [1.807, 2.05) is 0 Å². The van der Waals surface area contributed by atoms with Crippen LogP contribution in [0.4, 0.5) is 24.5 Å². The fourth-order valence-electron chi connectivity index (χ4n) is 2.27. The van der Waals surface area contributed by atoms with E-state index in [2.05, 4.69) is 5.32 Å². The molecule has 1 amide bonds.